The molecule has 118 valence electrons. The molecule has 3 rings (SSSR count). The minimum atomic E-state index is 0.281. The Kier molecular flexibility index (Phi) is 4.50. The molecule has 0 spiro atoms. The topological polar surface area (TPSA) is 42.3 Å². The van der Waals surface area contributed by atoms with Gasteiger partial charge >= 0.3 is 0 Å². The minimum absolute atomic E-state index is 0.281. The fourth-order valence-electron chi connectivity index (χ4n) is 3.43. The smallest absolute Gasteiger partial charge is 0.203 e. The maximum atomic E-state index is 6.00. The summed E-state index contributed by atoms with van der Waals surface area (Å²) in [7, 11) is 0. The Morgan fingerprint density at radius 3 is 3.14 bits per heavy atom. The number of imidazole rings is 1. The number of nitrogens with zero attached hydrogens (tertiary/aromatic N) is 3. The second-order valence-electron chi connectivity index (χ2n) is 6.88. The molecule has 0 aliphatic carbocycles. The van der Waals surface area contributed by atoms with Gasteiger partial charge in [0.1, 0.15) is 0 Å². The molecule has 0 aromatic carbocycles. The van der Waals surface area contributed by atoms with Crippen molar-refractivity contribution in [3.05, 3.63) is 11.9 Å². The van der Waals surface area contributed by atoms with Gasteiger partial charge in [-0.25, -0.2) is 4.98 Å². The van der Waals surface area contributed by atoms with Crippen LogP contribution in [0.15, 0.2) is 6.20 Å². The molecule has 1 aromatic heterocycles. The molecule has 3 heterocycles. The van der Waals surface area contributed by atoms with E-state index in [0.29, 0.717) is 12.0 Å². The molecule has 5 heteroatoms. The van der Waals surface area contributed by atoms with Crippen LogP contribution in [0.1, 0.15) is 32.4 Å². The first-order valence-electron chi connectivity index (χ1n) is 8.25. The predicted molar refractivity (Wildman–Crippen MR) is 84.6 cm³/mol. The fraction of sp³-hybridized carbons (Fsp3) is 0.812. The van der Waals surface area contributed by atoms with Gasteiger partial charge in [0.2, 0.25) is 5.95 Å². The standard InChI is InChI=1S/C16H28N4O/c1-12(2)8-20-9-13(3)18-16(20)17-7-15-10-19-6-4-5-14(19)11-21-15/h9,12,14-15H,4-8,10-11H2,1-3H3,(H,17,18). The van der Waals surface area contributed by atoms with Crippen LogP contribution in [0.5, 0.6) is 0 Å². The molecule has 2 aliphatic rings. The number of fused-ring (bicyclic) bond motifs is 1. The highest BCUT2D eigenvalue weighted by Crippen LogP contribution is 2.22. The van der Waals surface area contributed by atoms with Gasteiger partial charge in [-0.2, -0.15) is 0 Å². The molecule has 21 heavy (non-hydrogen) atoms. The second-order valence-corrected chi connectivity index (χ2v) is 6.88. The number of rotatable bonds is 5. The Balaban J connectivity index is 1.55. The van der Waals surface area contributed by atoms with Gasteiger partial charge in [0, 0.05) is 31.9 Å². The van der Waals surface area contributed by atoms with E-state index >= 15 is 0 Å². The molecule has 0 amide bonds. The van der Waals surface area contributed by atoms with E-state index in [-0.39, 0.29) is 6.10 Å². The molecule has 0 saturated carbocycles. The first-order valence-corrected chi connectivity index (χ1v) is 8.25. The number of ether oxygens (including phenoxy) is 1. The maximum absolute atomic E-state index is 6.00. The van der Waals surface area contributed by atoms with Crippen LogP contribution in [-0.4, -0.2) is 52.8 Å². The number of aromatic nitrogens is 2. The van der Waals surface area contributed by atoms with Crippen LogP contribution in [0.2, 0.25) is 0 Å². The van der Waals surface area contributed by atoms with Crippen molar-refractivity contribution in [1.29, 1.82) is 0 Å². The summed E-state index contributed by atoms with van der Waals surface area (Å²) in [6.07, 6.45) is 5.04. The van der Waals surface area contributed by atoms with Crippen LogP contribution >= 0.6 is 0 Å². The number of anilines is 1. The molecule has 2 unspecified atom stereocenters. The average molecular weight is 292 g/mol. The van der Waals surface area contributed by atoms with Gasteiger partial charge in [-0.15, -0.1) is 0 Å². The van der Waals surface area contributed by atoms with Crippen molar-refractivity contribution in [2.45, 2.75) is 52.3 Å². The molecule has 0 bridgehead atoms. The number of morpholine rings is 1. The molecule has 2 atom stereocenters. The molecule has 1 aromatic rings. The van der Waals surface area contributed by atoms with Gasteiger partial charge in [-0.3, -0.25) is 4.90 Å². The van der Waals surface area contributed by atoms with Gasteiger partial charge in [-0.05, 0) is 32.2 Å². The zero-order valence-electron chi connectivity index (χ0n) is 13.5. The third kappa shape index (κ3) is 3.58. The second kappa shape index (κ2) is 6.36. The first-order chi connectivity index (χ1) is 10.1. The summed E-state index contributed by atoms with van der Waals surface area (Å²) < 4.78 is 8.22. The zero-order chi connectivity index (χ0) is 14.8. The number of hydrogen-bond acceptors (Lipinski definition) is 4. The lowest BCUT2D eigenvalue weighted by Crippen LogP contribution is -2.48. The third-order valence-electron chi connectivity index (χ3n) is 4.41. The lowest BCUT2D eigenvalue weighted by Gasteiger charge is -2.35. The van der Waals surface area contributed by atoms with E-state index in [1.54, 1.807) is 0 Å². The van der Waals surface area contributed by atoms with Crippen molar-refractivity contribution in [3.8, 4) is 0 Å². The highest BCUT2D eigenvalue weighted by atomic mass is 16.5. The van der Waals surface area contributed by atoms with Crippen molar-refractivity contribution in [2.75, 3.05) is 31.6 Å². The molecule has 2 aliphatic heterocycles. The molecule has 1 N–H and O–H groups in total. The Bertz CT molecular complexity index is 471. The summed E-state index contributed by atoms with van der Waals surface area (Å²) in [6, 6.07) is 0.673. The maximum Gasteiger partial charge on any atom is 0.203 e. The van der Waals surface area contributed by atoms with Crippen molar-refractivity contribution in [1.82, 2.24) is 14.5 Å². The number of aryl methyl sites for hydroxylation is 1. The summed E-state index contributed by atoms with van der Waals surface area (Å²) in [6.45, 7) is 11.6. The van der Waals surface area contributed by atoms with E-state index in [1.165, 1.54) is 19.4 Å². The highest BCUT2D eigenvalue weighted by Gasteiger charge is 2.32. The fourth-order valence-corrected chi connectivity index (χ4v) is 3.43. The largest absolute Gasteiger partial charge is 0.373 e. The summed E-state index contributed by atoms with van der Waals surface area (Å²) >= 11 is 0. The van der Waals surface area contributed by atoms with Crippen LogP contribution in [0.4, 0.5) is 5.95 Å². The van der Waals surface area contributed by atoms with Gasteiger partial charge < -0.3 is 14.6 Å². The monoisotopic (exact) mass is 292 g/mol. The van der Waals surface area contributed by atoms with Crippen molar-refractivity contribution >= 4 is 5.95 Å². The van der Waals surface area contributed by atoms with Gasteiger partial charge in [0.05, 0.1) is 18.4 Å². The van der Waals surface area contributed by atoms with E-state index in [2.05, 4.69) is 39.8 Å². The molecule has 5 nitrogen and oxygen atoms in total. The Hall–Kier alpha value is -1.07. The van der Waals surface area contributed by atoms with E-state index in [0.717, 1.165) is 37.9 Å². The highest BCUT2D eigenvalue weighted by molar-refractivity contribution is 5.29. The van der Waals surface area contributed by atoms with Crippen LogP contribution in [-0.2, 0) is 11.3 Å². The summed E-state index contributed by atoms with van der Waals surface area (Å²) in [5.41, 5.74) is 1.07. The van der Waals surface area contributed by atoms with Crippen LogP contribution in [0, 0.1) is 12.8 Å². The van der Waals surface area contributed by atoms with Crippen molar-refractivity contribution in [2.24, 2.45) is 5.92 Å². The third-order valence-corrected chi connectivity index (χ3v) is 4.41. The Morgan fingerprint density at radius 2 is 2.33 bits per heavy atom. The zero-order valence-corrected chi connectivity index (χ0v) is 13.5. The van der Waals surface area contributed by atoms with E-state index in [1.807, 2.05) is 6.92 Å². The Labute approximate surface area is 127 Å². The van der Waals surface area contributed by atoms with Crippen LogP contribution in [0.3, 0.4) is 0 Å². The summed E-state index contributed by atoms with van der Waals surface area (Å²) in [5, 5.41) is 3.49. The van der Waals surface area contributed by atoms with E-state index < -0.39 is 0 Å². The van der Waals surface area contributed by atoms with Crippen molar-refractivity contribution in [3.63, 3.8) is 0 Å². The van der Waals surface area contributed by atoms with Crippen LogP contribution < -0.4 is 5.32 Å². The van der Waals surface area contributed by atoms with Gasteiger partial charge in [0.15, 0.2) is 0 Å². The van der Waals surface area contributed by atoms with Gasteiger partial charge in [0.25, 0.3) is 0 Å². The lowest BCUT2D eigenvalue weighted by molar-refractivity contribution is -0.0416. The molecule has 2 saturated heterocycles. The summed E-state index contributed by atoms with van der Waals surface area (Å²) in [5.74, 6) is 1.60. The van der Waals surface area contributed by atoms with Crippen LogP contribution in [0.25, 0.3) is 0 Å². The average Bonchev–Trinajstić information content (AvgIpc) is 3.01. The molecule has 2 fully saturated rings. The SMILES string of the molecule is Cc1cn(CC(C)C)c(NCC2CN3CCCC3CO2)n1. The molecular formula is C16H28N4O. The Morgan fingerprint density at radius 1 is 1.48 bits per heavy atom. The number of nitrogens with one attached hydrogen (secondary N) is 1. The number of hydrogen-bond donors (Lipinski definition) is 1. The quantitative estimate of drug-likeness (QED) is 0.903. The molecule has 0 radical (unpaired) electrons. The first kappa shape index (κ1) is 14.9. The van der Waals surface area contributed by atoms with Gasteiger partial charge in [-0.1, -0.05) is 13.8 Å². The predicted octanol–water partition coefficient (Wildman–Crippen LogP) is 2.12. The normalized spacial score (nSPS) is 26.3. The van der Waals surface area contributed by atoms with E-state index in [9.17, 15) is 0 Å². The van der Waals surface area contributed by atoms with Crippen molar-refractivity contribution < 1.29 is 4.74 Å². The summed E-state index contributed by atoms with van der Waals surface area (Å²) in [4.78, 5) is 7.18. The molecular weight excluding hydrogens is 264 g/mol. The van der Waals surface area contributed by atoms with E-state index in [4.69, 9.17) is 4.74 Å². The lowest BCUT2D eigenvalue weighted by atomic mass is 10.2. The minimum Gasteiger partial charge on any atom is -0.373 e.